The minimum atomic E-state index is -1.79. The molecule has 39 heteroatoms. The monoisotopic (exact) mass is 1480 g/mol. The number of H-pyrrole nitrogens is 2. The maximum atomic E-state index is 14.4. The largest absolute Gasteiger partial charge is 0.481 e. The van der Waals surface area contributed by atoms with E-state index in [1.54, 1.807) is 85.7 Å². The Morgan fingerprint density at radius 3 is 1.31 bits per heavy atom. The number of imidazole rings is 2. The van der Waals surface area contributed by atoms with Gasteiger partial charge in [-0.15, -0.1) is 0 Å². The number of aliphatic hydroxyl groups excluding tert-OH is 1. The molecule has 574 valence electrons. The number of nitrogens with one attached hydrogen (secondary N) is 14. The molecule has 0 unspecified atom stereocenters. The maximum Gasteiger partial charge on any atom is 0.326 e. The third-order valence-corrected chi connectivity index (χ3v) is 16.1. The summed E-state index contributed by atoms with van der Waals surface area (Å²) in [5, 5.41) is 58.3. The summed E-state index contributed by atoms with van der Waals surface area (Å²) in [5.41, 5.74) is 18.3. The van der Waals surface area contributed by atoms with E-state index >= 15 is 0 Å². The number of hydrogen-bond donors (Lipinski definition) is 21. The molecule has 0 bridgehead atoms. The minimum Gasteiger partial charge on any atom is -0.481 e. The Bertz CT molecular complexity index is 3420. The Kier molecular flexibility index (Phi) is 37.1. The molecule has 14 amide bonds. The summed E-state index contributed by atoms with van der Waals surface area (Å²) in [6.45, 7) is 11.2. The van der Waals surface area contributed by atoms with E-state index in [1.165, 1.54) is 25.0 Å². The second-order valence-electron chi connectivity index (χ2n) is 26.2. The zero-order valence-electron chi connectivity index (χ0n) is 59.1. The van der Waals surface area contributed by atoms with Crippen LogP contribution in [0.5, 0.6) is 0 Å². The molecule has 0 spiro atoms. The molecule has 0 aliphatic carbocycles. The number of aliphatic hydroxyl groups is 1. The number of carboxylic acid groups (broad SMARTS) is 2. The van der Waals surface area contributed by atoms with Crippen molar-refractivity contribution >= 4 is 107 Å². The van der Waals surface area contributed by atoms with Crippen LogP contribution < -0.4 is 81.0 Å². The highest BCUT2D eigenvalue weighted by atomic mass is 32.1. The first-order valence-electron chi connectivity index (χ1n) is 33.5. The number of benzene rings is 1. The molecular weight excluding hydrogens is 1380 g/mol. The van der Waals surface area contributed by atoms with Crippen molar-refractivity contribution in [3.63, 3.8) is 0 Å². The summed E-state index contributed by atoms with van der Waals surface area (Å²) in [7, 11) is 0. The Hall–Kier alpha value is -10.6. The Morgan fingerprint density at radius 2 is 0.875 bits per heavy atom. The number of primary amides is 2. The number of amides is 14. The van der Waals surface area contributed by atoms with Crippen molar-refractivity contribution in [3.8, 4) is 0 Å². The number of aliphatic carboxylic acids is 2. The number of carbonyl (C=O) groups excluding carboxylic acids is 14. The van der Waals surface area contributed by atoms with Crippen LogP contribution in [-0.4, -0.2) is 221 Å². The number of hydrogen-bond acceptors (Lipinski definition) is 21. The number of aromatic amines is 2. The van der Waals surface area contributed by atoms with Gasteiger partial charge in [0.2, 0.25) is 82.7 Å². The zero-order chi connectivity index (χ0) is 78.1. The lowest BCUT2D eigenvalue weighted by Gasteiger charge is -2.28. The van der Waals surface area contributed by atoms with Crippen molar-refractivity contribution in [2.24, 2.45) is 40.9 Å². The normalized spacial score (nSPS) is 14.7. The van der Waals surface area contributed by atoms with Gasteiger partial charge >= 0.3 is 11.9 Å². The molecule has 0 radical (unpaired) electrons. The number of carboxylic acids is 2. The number of aromatic nitrogens is 4. The molecule has 104 heavy (non-hydrogen) atoms. The molecule has 0 aliphatic heterocycles. The lowest BCUT2D eigenvalue weighted by Crippen LogP contribution is -2.61. The van der Waals surface area contributed by atoms with Crippen LogP contribution in [0.25, 0.3) is 0 Å². The highest BCUT2D eigenvalue weighted by molar-refractivity contribution is 7.80. The molecular formula is C65H99N19O19S. The van der Waals surface area contributed by atoms with E-state index < -0.39 is 230 Å². The highest BCUT2D eigenvalue weighted by Gasteiger charge is 2.38. The van der Waals surface area contributed by atoms with Crippen LogP contribution in [0.2, 0.25) is 0 Å². The molecule has 0 saturated carbocycles. The molecule has 3 rings (SSSR count). The third kappa shape index (κ3) is 31.4. The standard InChI is InChI=1S/C65H99N19O19S/c1-31(2)18-41(77-58(95)43(21-36-24-69-29-72-36)79-56(93)39(14-16-48(67)86)75-60(97)45(23-49(68)87)81-64(101)52(33(5)6)83-54(91)38(66)20-35-12-10-9-11-13-35)57(94)82-47(28-104)55(92)71-26-50(88)74-46(27-85)62(99)80-44(22-37-25-70-30-73-37)59(96)78-42(19-32(3)4)61(98)84-53(34(7)8)63(100)76-40(65(102)103)15-17-51(89)90/h9-13,24-25,29-34,38-47,52-53,85,104H,14-23,26-28,66H2,1-8H3,(H2,67,86)(H2,68,87)(H,69,72)(H,70,73)(H,71,92)(H,74,88)(H,75,97)(H,76,100)(H,77,95)(H,78,96)(H,79,93)(H,80,99)(H,81,101)(H,82,94)(H,83,91)(H,84,98)(H,89,90)(H,102,103)/t38-,39-,40-,41-,42-,43-,44-,45-,46-,47-,52-,53-/m0/s1. The SMILES string of the molecule is CC(C)C[C@H](NC(=O)[C@H](Cc1c[nH]cn1)NC(=O)[C@H](CCC(N)=O)NC(=O)[C@H](CC(N)=O)NC(=O)[C@@H](NC(=O)[C@@H](N)Cc1ccccc1)C(C)C)C(=O)N[C@@H](CS)C(=O)NCC(=O)N[C@@H](CO)C(=O)N[C@@H](Cc1c[nH]cn1)C(=O)N[C@@H](CC(C)C)C(=O)N[C@H](C(=O)N[C@@H](CCC(=O)O)C(=O)O)C(C)C. The van der Waals surface area contributed by atoms with E-state index in [9.17, 15) is 86.9 Å². The minimum absolute atomic E-state index is 0.0305. The first-order valence-corrected chi connectivity index (χ1v) is 34.1. The van der Waals surface area contributed by atoms with Gasteiger partial charge in [-0.2, -0.15) is 12.6 Å². The van der Waals surface area contributed by atoms with Crippen LogP contribution in [0, 0.1) is 23.7 Å². The van der Waals surface area contributed by atoms with E-state index in [4.69, 9.17) is 22.3 Å². The average Bonchev–Trinajstić information content (AvgIpc) is 1.02. The predicted octanol–water partition coefficient (Wildman–Crippen LogP) is -5.65. The van der Waals surface area contributed by atoms with Crippen LogP contribution in [0.3, 0.4) is 0 Å². The fourth-order valence-corrected chi connectivity index (χ4v) is 10.4. The molecule has 0 saturated heterocycles. The van der Waals surface area contributed by atoms with Crippen LogP contribution in [0.1, 0.15) is 117 Å². The Balaban J connectivity index is 1.78. The van der Waals surface area contributed by atoms with Gasteiger partial charge in [-0.1, -0.05) is 85.7 Å². The number of rotatable bonds is 47. The highest BCUT2D eigenvalue weighted by Crippen LogP contribution is 2.14. The summed E-state index contributed by atoms with van der Waals surface area (Å²) in [6, 6.07) is -9.39. The van der Waals surface area contributed by atoms with Crippen molar-refractivity contribution in [2.75, 3.05) is 18.9 Å². The van der Waals surface area contributed by atoms with Crippen LogP contribution in [0.4, 0.5) is 0 Å². The van der Waals surface area contributed by atoms with Crippen LogP contribution in [-0.2, 0) is 96.0 Å². The van der Waals surface area contributed by atoms with Gasteiger partial charge in [0.25, 0.3) is 0 Å². The Morgan fingerprint density at radius 1 is 0.462 bits per heavy atom. The number of carbonyl (C=O) groups is 16. The maximum absolute atomic E-state index is 14.4. The second-order valence-corrected chi connectivity index (χ2v) is 26.5. The van der Waals surface area contributed by atoms with Crippen molar-refractivity contribution in [1.29, 1.82) is 0 Å². The summed E-state index contributed by atoms with van der Waals surface area (Å²) in [6.07, 6.45) is 1.77. The lowest BCUT2D eigenvalue weighted by atomic mass is 9.99. The fourth-order valence-electron chi connectivity index (χ4n) is 10.2. The van der Waals surface area contributed by atoms with E-state index in [0.29, 0.717) is 0 Å². The molecule has 0 aliphatic rings. The summed E-state index contributed by atoms with van der Waals surface area (Å²) >= 11 is 4.21. The second kappa shape index (κ2) is 44.1. The van der Waals surface area contributed by atoms with Gasteiger partial charge in [0.15, 0.2) is 0 Å². The lowest BCUT2D eigenvalue weighted by molar-refractivity contribution is -0.144. The van der Waals surface area contributed by atoms with Crippen LogP contribution in [0.15, 0.2) is 55.4 Å². The first kappa shape index (κ1) is 87.6. The number of nitrogens with zero attached hydrogens (tertiary/aromatic N) is 2. The average molecular weight is 1480 g/mol. The van der Waals surface area contributed by atoms with Crippen LogP contribution >= 0.6 is 12.6 Å². The summed E-state index contributed by atoms with van der Waals surface area (Å²) in [4.78, 5) is 227. The number of nitrogens with two attached hydrogens (primary N) is 3. The predicted molar refractivity (Wildman–Crippen MR) is 373 cm³/mol. The Labute approximate surface area is 604 Å². The van der Waals surface area contributed by atoms with Gasteiger partial charge < -0.3 is 106 Å². The quantitative estimate of drug-likeness (QED) is 0.0234. The van der Waals surface area contributed by atoms with Crippen molar-refractivity contribution in [1.82, 2.24) is 83.7 Å². The molecule has 12 atom stereocenters. The van der Waals surface area contributed by atoms with Gasteiger partial charge in [0.1, 0.15) is 66.5 Å². The van der Waals surface area contributed by atoms with Gasteiger partial charge in [-0.05, 0) is 61.3 Å². The van der Waals surface area contributed by atoms with E-state index in [-0.39, 0.29) is 55.3 Å². The van der Waals surface area contributed by atoms with Gasteiger partial charge in [0.05, 0.1) is 49.7 Å². The molecule has 1 aromatic carbocycles. The molecule has 2 heterocycles. The molecule has 38 nitrogen and oxygen atoms in total. The summed E-state index contributed by atoms with van der Waals surface area (Å²) in [5.74, 6) is -18.9. The van der Waals surface area contributed by atoms with Crippen molar-refractivity contribution in [3.05, 3.63) is 72.3 Å². The fraction of sp³-hybridized carbons (Fsp3) is 0.569. The number of thiol groups is 1. The summed E-state index contributed by atoms with van der Waals surface area (Å²) < 4.78 is 0. The molecule has 2 aromatic heterocycles. The van der Waals surface area contributed by atoms with Crippen molar-refractivity contribution < 1.29 is 92.0 Å². The first-order chi connectivity index (χ1) is 48.9. The van der Waals surface area contributed by atoms with E-state index in [0.717, 1.165) is 5.56 Å². The third-order valence-electron chi connectivity index (χ3n) is 15.7. The smallest absolute Gasteiger partial charge is 0.326 e. The van der Waals surface area contributed by atoms with E-state index in [1.807, 2.05) is 0 Å². The molecule has 3 aromatic rings. The zero-order valence-corrected chi connectivity index (χ0v) is 60.0. The molecule has 23 N–H and O–H groups in total. The topological polar surface area (TPSA) is 614 Å². The van der Waals surface area contributed by atoms with Gasteiger partial charge in [-0.25, -0.2) is 14.8 Å². The molecule has 0 fully saturated rings. The van der Waals surface area contributed by atoms with E-state index in [2.05, 4.69) is 96.4 Å². The van der Waals surface area contributed by atoms with Gasteiger partial charge in [0, 0.05) is 43.8 Å². The van der Waals surface area contributed by atoms with Gasteiger partial charge in [-0.3, -0.25) is 71.9 Å². The van der Waals surface area contributed by atoms with Crippen molar-refractivity contribution in [2.45, 2.75) is 192 Å².